The molecule has 1 heterocycles. The van der Waals surface area contributed by atoms with Gasteiger partial charge >= 0.3 is 11.9 Å². The zero-order valence-corrected chi connectivity index (χ0v) is 11.2. The monoisotopic (exact) mass is 307 g/mol. The molecule has 1 aromatic carbocycles. The van der Waals surface area contributed by atoms with Crippen LogP contribution in [0.25, 0.3) is 10.4 Å². The molecule has 0 aliphatic carbocycles. The van der Waals surface area contributed by atoms with Crippen molar-refractivity contribution in [1.82, 2.24) is 0 Å². The molecule has 1 aliphatic heterocycles. The van der Waals surface area contributed by atoms with E-state index < -0.39 is 23.6 Å². The van der Waals surface area contributed by atoms with Gasteiger partial charge in [0.15, 0.2) is 12.0 Å². The van der Waals surface area contributed by atoms with Crippen LogP contribution in [0.4, 0.5) is 0 Å². The zero-order valence-electron chi connectivity index (χ0n) is 11.2. The number of ether oxygens (including phenoxy) is 2. The predicted molar refractivity (Wildman–Crippen MR) is 68.9 cm³/mol. The molecule has 22 heavy (non-hydrogen) atoms. The third-order valence-electron chi connectivity index (χ3n) is 2.76. The quantitative estimate of drug-likeness (QED) is 0.293. The normalized spacial score (nSPS) is 15.4. The molecule has 1 unspecified atom stereocenters. The van der Waals surface area contributed by atoms with Gasteiger partial charge in [0.1, 0.15) is 34.9 Å². The fraction of sp³-hybridized carbons (Fsp3) is 0.250. The molecular formula is C12H9N3O7. The summed E-state index contributed by atoms with van der Waals surface area (Å²) in [7, 11) is 0. The van der Waals surface area contributed by atoms with Crippen molar-refractivity contribution in [3.8, 4) is 11.5 Å². The van der Waals surface area contributed by atoms with Crippen LogP contribution < -0.4 is 9.47 Å². The maximum atomic E-state index is 11.8. The van der Waals surface area contributed by atoms with Crippen molar-refractivity contribution >= 4 is 18.2 Å². The van der Waals surface area contributed by atoms with Crippen LogP contribution in [-0.4, -0.2) is 36.0 Å². The summed E-state index contributed by atoms with van der Waals surface area (Å²) in [6, 6.07) is 1.05. The number of fused-ring (bicyclic) bond motifs is 2. The Morgan fingerprint density at radius 1 is 1.55 bits per heavy atom. The molecule has 10 heteroatoms. The number of carbonyl (C=O) groups excluding carboxylic acids is 2. The Hall–Kier alpha value is -3.26. The van der Waals surface area contributed by atoms with E-state index in [9.17, 15) is 19.5 Å². The molecule has 1 aliphatic rings. The summed E-state index contributed by atoms with van der Waals surface area (Å²) in [4.78, 5) is 40.9. The van der Waals surface area contributed by atoms with Crippen LogP contribution in [0.2, 0.25) is 0 Å². The van der Waals surface area contributed by atoms with Crippen molar-refractivity contribution in [3.05, 3.63) is 33.2 Å². The van der Waals surface area contributed by atoms with E-state index in [4.69, 9.17) is 15.0 Å². The minimum absolute atomic E-state index is 0.0477. The van der Waals surface area contributed by atoms with Gasteiger partial charge in [-0.2, -0.15) is 0 Å². The van der Waals surface area contributed by atoms with Crippen molar-refractivity contribution in [2.45, 2.75) is 13.0 Å². The van der Waals surface area contributed by atoms with E-state index >= 15 is 0 Å². The van der Waals surface area contributed by atoms with E-state index in [1.807, 2.05) is 0 Å². The maximum absolute atomic E-state index is 11.8. The van der Waals surface area contributed by atoms with Gasteiger partial charge in [0.05, 0.1) is 5.56 Å². The lowest BCUT2D eigenvalue weighted by Crippen LogP contribution is -2.19. The Kier molecular flexibility index (Phi) is 4.14. The molecule has 0 spiro atoms. The number of rotatable bonds is 4. The second-order valence-electron chi connectivity index (χ2n) is 4.26. The minimum atomic E-state index is -1.44. The number of hydrogen-bond acceptors (Lipinski definition) is 7. The van der Waals surface area contributed by atoms with Crippen molar-refractivity contribution < 1.29 is 33.8 Å². The summed E-state index contributed by atoms with van der Waals surface area (Å²) in [5.74, 6) is -3.10. The highest BCUT2D eigenvalue weighted by Gasteiger charge is 2.32. The number of benzene rings is 1. The molecule has 0 saturated heterocycles. The Bertz CT molecular complexity index is 709. The zero-order chi connectivity index (χ0) is 16.3. The summed E-state index contributed by atoms with van der Waals surface area (Å²) >= 11 is 0. The van der Waals surface area contributed by atoms with Gasteiger partial charge in [-0.1, -0.05) is 0 Å². The van der Waals surface area contributed by atoms with Gasteiger partial charge in [-0.15, -0.1) is 0 Å². The van der Waals surface area contributed by atoms with E-state index in [-0.39, 0.29) is 29.2 Å². The van der Waals surface area contributed by atoms with Crippen molar-refractivity contribution in [2.75, 3.05) is 6.61 Å². The number of carboxylic acid groups (broad SMARTS) is 1. The van der Waals surface area contributed by atoms with Gasteiger partial charge < -0.3 is 19.4 Å². The average molecular weight is 307 g/mol. The third kappa shape index (κ3) is 2.63. The molecule has 0 saturated carbocycles. The molecule has 1 N–H and O–H groups in total. The van der Waals surface area contributed by atoms with Crippen LogP contribution in [0.3, 0.4) is 0 Å². The molecular weight excluding hydrogens is 298 g/mol. The molecule has 0 amide bonds. The highest BCUT2D eigenvalue weighted by Crippen LogP contribution is 2.38. The van der Waals surface area contributed by atoms with Crippen LogP contribution in [-0.2, 0) is 4.84 Å². The lowest BCUT2D eigenvalue weighted by Gasteiger charge is -2.13. The second kappa shape index (κ2) is 6.02. The molecule has 1 aromatic rings. The summed E-state index contributed by atoms with van der Waals surface area (Å²) in [5.41, 5.74) is 7.16. The van der Waals surface area contributed by atoms with E-state index in [1.165, 1.54) is 0 Å². The first-order valence-electron chi connectivity index (χ1n) is 5.94. The van der Waals surface area contributed by atoms with Gasteiger partial charge in [-0.3, -0.25) is 4.79 Å². The van der Waals surface area contributed by atoms with E-state index in [1.54, 1.807) is 6.92 Å². The number of aromatic carboxylic acids is 1. The van der Waals surface area contributed by atoms with Gasteiger partial charge in [0, 0.05) is 4.91 Å². The average Bonchev–Trinajstić information content (AvgIpc) is 2.62. The summed E-state index contributed by atoms with van der Waals surface area (Å²) in [6.07, 6.45) is -0.203. The largest absolute Gasteiger partial charge is 0.488 e. The van der Waals surface area contributed by atoms with Crippen molar-refractivity contribution in [2.24, 2.45) is 5.28 Å². The van der Waals surface area contributed by atoms with E-state index in [2.05, 4.69) is 15.0 Å². The number of azide groups is 1. The Morgan fingerprint density at radius 2 is 2.27 bits per heavy atom. The Labute approximate surface area is 122 Å². The van der Waals surface area contributed by atoms with Gasteiger partial charge in [-0.05, 0) is 18.5 Å². The Morgan fingerprint density at radius 3 is 2.86 bits per heavy atom. The molecule has 10 nitrogen and oxygen atoms in total. The Balaban J connectivity index is 2.71. The molecule has 0 radical (unpaired) electrons. The van der Waals surface area contributed by atoms with Crippen LogP contribution in [0, 0.1) is 0 Å². The van der Waals surface area contributed by atoms with E-state index in [0.29, 0.717) is 6.29 Å². The number of aldehydes is 1. The number of nitrogens with zero attached hydrogens (tertiary/aromatic N) is 3. The summed E-state index contributed by atoms with van der Waals surface area (Å²) in [5, 5.41) is 12.0. The highest BCUT2D eigenvalue weighted by molar-refractivity contribution is 6.05. The van der Waals surface area contributed by atoms with E-state index in [0.717, 1.165) is 6.07 Å². The van der Waals surface area contributed by atoms with Gasteiger partial charge in [0.25, 0.3) is 0 Å². The smallest absolute Gasteiger partial charge is 0.353 e. The van der Waals surface area contributed by atoms with Crippen LogP contribution in [0.1, 0.15) is 38.0 Å². The summed E-state index contributed by atoms with van der Waals surface area (Å²) in [6.45, 7) is 1.56. The minimum Gasteiger partial charge on any atom is -0.488 e. The van der Waals surface area contributed by atoms with Gasteiger partial charge in [0.2, 0.25) is 0 Å². The number of hydrogen-bond donors (Lipinski definition) is 1. The standard InChI is InChI=1S/C12H9N3O7/c1-5-4-20-10-7(12(19)22-15-14-13)2-6(3-16)9(21-5)8(10)11(17)18/h2-3,5H,4H2,1H3,(H,17,18). The van der Waals surface area contributed by atoms with Gasteiger partial charge in [-0.25, -0.2) is 9.59 Å². The maximum Gasteiger partial charge on any atom is 0.353 e. The molecule has 2 bridgehead atoms. The lowest BCUT2D eigenvalue weighted by atomic mass is 10.0. The van der Waals surface area contributed by atoms with Crippen LogP contribution in [0.15, 0.2) is 11.3 Å². The van der Waals surface area contributed by atoms with Crippen LogP contribution >= 0.6 is 0 Å². The molecule has 0 aromatic heterocycles. The molecule has 1 atom stereocenters. The molecule has 2 rings (SSSR count). The fourth-order valence-electron chi connectivity index (χ4n) is 1.92. The van der Waals surface area contributed by atoms with Crippen molar-refractivity contribution in [1.29, 1.82) is 0 Å². The first-order chi connectivity index (χ1) is 10.5. The second-order valence-corrected chi connectivity index (χ2v) is 4.26. The third-order valence-corrected chi connectivity index (χ3v) is 2.76. The predicted octanol–water partition coefficient (Wildman–Crippen LogP) is 1.74. The first kappa shape index (κ1) is 15.1. The molecule has 114 valence electrons. The SMILES string of the molecule is CC1COc2c(C(=O)ON=[N+]=[N-])cc(C=O)c(c2C(=O)O)O1. The number of carbonyl (C=O) groups is 3. The lowest BCUT2D eigenvalue weighted by molar-refractivity contribution is 0.0500. The first-order valence-corrected chi connectivity index (χ1v) is 5.94. The topological polar surface area (TPSA) is 148 Å². The summed E-state index contributed by atoms with van der Waals surface area (Å²) < 4.78 is 10.7. The van der Waals surface area contributed by atoms with Crippen LogP contribution in [0.5, 0.6) is 11.5 Å². The molecule has 0 fully saturated rings. The fourth-order valence-corrected chi connectivity index (χ4v) is 1.92. The highest BCUT2D eigenvalue weighted by atomic mass is 16.7. The number of carboxylic acids is 1. The van der Waals surface area contributed by atoms with Crippen molar-refractivity contribution in [3.63, 3.8) is 0 Å².